The molecule has 3 aromatic carbocycles. The molecule has 5 rings (SSSR count). The first-order valence-corrected chi connectivity index (χ1v) is 10.9. The largest absolute Gasteiger partial charge is 0.336 e. The van der Waals surface area contributed by atoms with E-state index in [-0.39, 0.29) is 11.7 Å². The second kappa shape index (κ2) is 8.89. The number of carbonyl (C=O) groups is 1. The second-order valence-electron chi connectivity index (χ2n) is 8.11. The molecule has 1 amide bonds. The van der Waals surface area contributed by atoms with E-state index in [4.69, 9.17) is 0 Å². The molecule has 1 aliphatic rings. The molecule has 0 radical (unpaired) electrons. The topological polar surface area (TPSA) is 36.4 Å². The third kappa shape index (κ3) is 4.12. The molecule has 160 valence electrons. The lowest BCUT2D eigenvalue weighted by atomic mass is 10.0. The highest BCUT2D eigenvalue weighted by molar-refractivity contribution is 6.07. The standard InChI is InChI=1S/C27H24FN3O/c28-24-12-6-4-11-22(24)26-18-23(21-10-5-7-13-25(21)29-26)27(32)31-16-14-30(15-17-31)19-20-8-2-1-3-9-20/h1-13,18H,14-17,19H2. The number of halogens is 1. The van der Waals surface area contributed by atoms with Crippen LogP contribution >= 0.6 is 0 Å². The predicted molar refractivity (Wildman–Crippen MR) is 125 cm³/mol. The van der Waals surface area contributed by atoms with E-state index in [0.29, 0.717) is 35.4 Å². The van der Waals surface area contributed by atoms with E-state index in [2.05, 4.69) is 34.1 Å². The average molecular weight is 426 g/mol. The minimum absolute atomic E-state index is 0.0273. The van der Waals surface area contributed by atoms with Gasteiger partial charge in [0, 0.05) is 43.7 Å². The van der Waals surface area contributed by atoms with Crippen LogP contribution in [0.3, 0.4) is 0 Å². The highest BCUT2D eigenvalue weighted by atomic mass is 19.1. The van der Waals surface area contributed by atoms with Gasteiger partial charge in [-0.2, -0.15) is 0 Å². The number of carbonyl (C=O) groups excluding carboxylic acids is 1. The molecule has 0 atom stereocenters. The van der Waals surface area contributed by atoms with Crippen LogP contribution in [0.5, 0.6) is 0 Å². The number of rotatable bonds is 4. The van der Waals surface area contributed by atoms with Gasteiger partial charge in [0.25, 0.3) is 5.91 Å². The van der Waals surface area contributed by atoms with E-state index in [0.717, 1.165) is 25.0 Å². The maximum atomic E-state index is 14.4. The Morgan fingerprint density at radius 3 is 2.31 bits per heavy atom. The van der Waals surface area contributed by atoms with Crippen LogP contribution < -0.4 is 0 Å². The van der Waals surface area contributed by atoms with Crippen molar-refractivity contribution in [2.75, 3.05) is 26.2 Å². The summed E-state index contributed by atoms with van der Waals surface area (Å²) in [6, 6.07) is 26.2. The molecule has 4 aromatic rings. The molecular formula is C27H24FN3O. The van der Waals surface area contributed by atoms with Crippen molar-refractivity contribution in [1.82, 2.24) is 14.8 Å². The molecule has 1 aliphatic heterocycles. The van der Waals surface area contributed by atoms with Gasteiger partial charge in [-0.1, -0.05) is 60.7 Å². The summed E-state index contributed by atoms with van der Waals surface area (Å²) in [5, 5.41) is 0.796. The third-order valence-corrected chi connectivity index (χ3v) is 6.00. The monoisotopic (exact) mass is 425 g/mol. The van der Waals surface area contributed by atoms with Gasteiger partial charge in [-0.05, 0) is 29.8 Å². The lowest BCUT2D eigenvalue weighted by Gasteiger charge is -2.35. The van der Waals surface area contributed by atoms with Gasteiger partial charge in [-0.3, -0.25) is 9.69 Å². The van der Waals surface area contributed by atoms with Crippen molar-refractivity contribution in [2.24, 2.45) is 0 Å². The van der Waals surface area contributed by atoms with Crippen molar-refractivity contribution in [3.8, 4) is 11.3 Å². The molecule has 0 unspecified atom stereocenters. The zero-order chi connectivity index (χ0) is 21.9. The Labute approximate surface area is 186 Å². The van der Waals surface area contributed by atoms with Crippen LogP contribution in [-0.4, -0.2) is 46.9 Å². The molecule has 1 aromatic heterocycles. The van der Waals surface area contributed by atoms with Crippen molar-refractivity contribution < 1.29 is 9.18 Å². The van der Waals surface area contributed by atoms with Gasteiger partial charge in [0.15, 0.2) is 0 Å². The van der Waals surface area contributed by atoms with Gasteiger partial charge in [-0.25, -0.2) is 9.37 Å². The Hall–Kier alpha value is -3.57. The highest BCUT2D eigenvalue weighted by Crippen LogP contribution is 2.27. The van der Waals surface area contributed by atoms with Crippen LogP contribution in [0.2, 0.25) is 0 Å². The van der Waals surface area contributed by atoms with E-state index in [9.17, 15) is 9.18 Å². The molecule has 5 heteroatoms. The molecule has 0 spiro atoms. The predicted octanol–water partition coefficient (Wildman–Crippen LogP) is 5.00. The molecule has 0 aliphatic carbocycles. The van der Waals surface area contributed by atoms with Gasteiger partial charge in [0.05, 0.1) is 16.8 Å². The van der Waals surface area contributed by atoms with E-state index < -0.39 is 0 Å². The fourth-order valence-corrected chi connectivity index (χ4v) is 4.28. The first-order valence-electron chi connectivity index (χ1n) is 10.9. The number of benzene rings is 3. The van der Waals surface area contributed by atoms with E-state index >= 15 is 0 Å². The summed E-state index contributed by atoms with van der Waals surface area (Å²) in [6.07, 6.45) is 0. The number of amides is 1. The van der Waals surface area contributed by atoms with Crippen molar-refractivity contribution >= 4 is 16.8 Å². The average Bonchev–Trinajstić information content (AvgIpc) is 2.84. The molecule has 2 heterocycles. The maximum Gasteiger partial charge on any atom is 0.254 e. The number of para-hydroxylation sites is 1. The van der Waals surface area contributed by atoms with Gasteiger partial charge in [0.1, 0.15) is 5.82 Å². The highest BCUT2D eigenvalue weighted by Gasteiger charge is 2.24. The molecule has 32 heavy (non-hydrogen) atoms. The Kier molecular flexibility index (Phi) is 5.65. The van der Waals surface area contributed by atoms with Gasteiger partial charge in [0.2, 0.25) is 0 Å². The summed E-state index contributed by atoms with van der Waals surface area (Å²) >= 11 is 0. The summed E-state index contributed by atoms with van der Waals surface area (Å²) in [7, 11) is 0. The summed E-state index contributed by atoms with van der Waals surface area (Å²) in [6.45, 7) is 3.86. The fraction of sp³-hybridized carbons (Fsp3) is 0.185. The number of pyridine rings is 1. The minimum Gasteiger partial charge on any atom is -0.336 e. The van der Waals surface area contributed by atoms with E-state index in [1.54, 1.807) is 24.3 Å². The van der Waals surface area contributed by atoms with Crippen LogP contribution in [0, 0.1) is 5.82 Å². The fourth-order valence-electron chi connectivity index (χ4n) is 4.28. The molecule has 4 nitrogen and oxygen atoms in total. The zero-order valence-electron chi connectivity index (χ0n) is 17.7. The number of aromatic nitrogens is 1. The molecule has 0 saturated carbocycles. The second-order valence-corrected chi connectivity index (χ2v) is 8.11. The summed E-state index contributed by atoms with van der Waals surface area (Å²) < 4.78 is 14.4. The number of fused-ring (bicyclic) bond motifs is 1. The van der Waals surface area contributed by atoms with Crippen molar-refractivity contribution in [2.45, 2.75) is 6.54 Å². The quantitative estimate of drug-likeness (QED) is 0.462. The number of hydrogen-bond acceptors (Lipinski definition) is 3. The van der Waals surface area contributed by atoms with Crippen LogP contribution in [0.25, 0.3) is 22.2 Å². The molecule has 0 bridgehead atoms. The number of hydrogen-bond donors (Lipinski definition) is 0. The summed E-state index contributed by atoms with van der Waals surface area (Å²) in [5.41, 5.74) is 3.43. The van der Waals surface area contributed by atoms with Gasteiger partial charge >= 0.3 is 0 Å². The maximum absolute atomic E-state index is 14.4. The zero-order valence-corrected chi connectivity index (χ0v) is 17.7. The van der Waals surface area contributed by atoms with Gasteiger partial charge in [-0.15, -0.1) is 0 Å². The Morgan fingerprint density at radius 1 is 0.844 bits per heavy atom. The van der Waals surface area contributed by atoms with E-state index in [1.807, 2.05) is 35.2 Å². The van der Waals surface area contributed by atoms with Crippen LogP contribution in [-0.2, 0) is 6.54 Å². The summed E-state index contributed by atoms with van der Waals surface area (Å²) in [5.74, 6) is -0.372. The Balaban J connectivity index is 1.40. The molecular weight excluding hydrogens is 401 g/mol. The van der Waals surface area contributed by atoms with Crippen molar-refractivity contribution in [1.29, 1.82) is 0 Å². The van der Waals surface area contributed by atoms with Crippen LogP contribution in [0.4, 0.5) is 4.39 Å². The van der Waals surface area contributed by atoms with Crippen molar-refractivity contribution in [3.05, 3.63) is 102 Å². The first kappa shape index (κ1) is 20.3. The summed E-state index contributed by atoms with van der Waals surface area (Å²) in [4.78, 5) is 22.4. The van der Waals surface area contributed by atoms with E-state index in [1.165, 1.54) is 11.6 Å². The third-order valence-electron chi connectivity index (χ3n) is 6.00. The lowest BCUT2D eigenvalue weighted by molar-refractivity contribution is 0.0630. The molecule has 0 N–H and O–H groups in total. The van der Waals surface area contributed by atoms with Crippen molar-refractivity contribution in [3.63, 3.8) is 0 Å². The molecule has 1 fully saturated rings. The first-order chi connectivity index (χ1) is 15.7. The smallest absolute Gasteiger partial charge is 0.254 e. The Bertz CT molecular complexity index is 1250. The lowest BCUT2D eigenvalue weighted by Crippen LogP contribution is -2.48. The van der Waals surface area contributed by atoms with Crippen LogP contribution in [0.1, 0.15) is 15.9 Å². The van der Waals surface area contributed by atoms with Crippen LogP contribution in [0.15, 0.2) is 84.9 Å². The normalized spacial score (nSPS) is 14.6. The minimum atomic E-state index is -0.344. The number of piperazine rings is 1. The van der Waals surface area contributed by atoms with Gasteiger partial charge < -0.3 is 4.90 Å². The Morgan fingerprint density at radius 2 is 1.53 bits per heavy atom. The SMILES string of the molecule is O=C(c1cc(-c2ccccc2F)nc2ccccc12)N1CCN(Cc2ccccc2)CC1. The number of nitrogens with zero attached hydrogens (tertiary/aromatic N) is 3. The molecule has 1 saturated heterocycles.